The normalized spacial score (nSPS) is 14.8. The molecule has 0 bridgehead atoms. The molecule has 1 aromatic carbocycles. The zero-order chi connectivity index (χ0) is 13.0. The van der Waals surface area contributed by atoms with Gasteiger partial charge < -0.3 is 4.74 Å². The van der Waals surface area contributed by atoms with E-state index in [1.54, 1.807) is 12.1 Å². The predicted molar refractivity (Wildman–Crippen MR) is 76.5 cm³/mol. The summed E-state index contributed by atoms with van der Waals surface area (Å²) in [5.74, 6) is 0.767. The third-order valence-electron chi connectivity index (χ3n) is 2.67. The minimum atomic E-state index is 0.126. The molecule has 1 heterocycles. The van der Waals surface area contributed by atoms with Crippen LogP contribution in [0.15, 0.2) is 47.9 Å². The summed E-state index contributed by atoms with van der Waals surface area (Å²) in [6, 6.07) is 3.60. The van der Waals surface area contributed by atoms with Gasteiger partial charge in [-0.3, -0.25) is 4.79 Å². The second-order valence-electron chi connectivity index (χ2n) is 3.88. The molecule has 0 amide bonds. The van der Waals surface area contributed by atoms with Crippen molar-refractivity contribution in [2.45, 2.75) is 11.3 Å². The number of ether oxygens (including phenoxy) is 1. The molecule has 0 unspecified atom stereocenters. The number of ketones is 1. The molecule has 2 nitrogen and oxygen atoms in total. The predicted octanol–water partition coefficient (Wildman–Crippen LogP) is 3.70. The highest BCUT2D eigenvalue weighted by atomic mass is 32.1. The molecule has 0 spiro atoms. The van der Waals surface area contributed by atoms with Crippen LogP contribution < -0.4 is 4.74 Å². The lowest BCUT2D eigenvalue weighted by atomic mass is 10.0. The zero-order valence-corrected chi connectivity index (χ0v) is 10.8. The molecular weight excluding hydrogens is 244 g/mol. The van der Waals surface area contributed by atoms with Gasteiger partial charge in [0.15, 0.2) is 5.78 Å². The van der Waals surface area contributed by atoms with Gasteiger partial charge in [0.2, 0.25) is 0 Å². The molecule has 0 fully saturated rings. The van der Waals surface area contributed by atoms with Crippen LogP contribution in [0.5, 0.6) is 5.75 Å². The summed E-state index contributed by atoms with van der Waals surface area (Å²) in [6.45, 7) is 4.03. The van der Waals surface area contributed by atoms with E-state index < -0.39 is 0 Å². The molecule has 0 aromatic heterocycles. The number of thiol groups is 1. The van der Waals surface area contributed by atoms with Crippen LogP contribution in [-0.4, -0.2) is 12.4 Å². The molecule has 1 aromatic rings. The average molecular weight is 258 g/mol. The Morgan fingerprint density at radius 3 is 2.89 bits per heavy atom. The standard InChI is InChI=1S/C15H14O2S/c1-2-3-4-5-6-12-14(18)8-7-11-13(16)9-10-17-15(11)12/h2-8,18H,1,9-10H2/b4-3+,6-5+. The second kappa shape index (κ2) is 5.74. The first-order valence-corrected chi connectivity index (χ1v) is 6.16. The maximum atomic E-state index is 11.8. The Bertz CT molecular complexity index is 542. The van der Waals surface area contributed by atoms with E-state index in [0.29, 0.717) is 24.3 Å². The maximum Gasteiger partial charge on any atom is 0.170 e. The number of carbonyl (C=O) groups is 1. The topological polar surface area (TPSA) is 26.3 Å². The Labute approximate surface area is 112 Å². The van der Waals surface area contributed by atoms with Crippen molar-refractivity contribution in [1.82, 2.24) is 0 Å². The number of hydrogen-bond acceptors (Lipinski definition) is 3. The van der Waals surface area contributed by atoms with E-state index in [4.69, 9.17) is 4.74 Å². The van der Waals surface area contributed by atoms with Gasteiger partial charge in [0, 0.05) is 16.9 Å². The Hall–Kier alpha value is -1.74. The number of benzene rings is 1. The molecule has 0 aliphatic carbocycles. The fourth-order valence-corrected chi connectivity index (χ4v) is 2.05. The van der Waals surface area contributed by atoms with Crippen LogP contribution in [0.25, 0.3) is 6.08 Å². The van der Waals surface area contributed by atoms with Crippen molar-refractivity contribution >= 4 is 24.5 Å². The molecule has 0 saturated heterocycles. The maximum absolute atomic E-state index is 11.8. The van der Waals surface area contributed by atoms with Crippen LogP contribution in [0.4, 0.5) is 0 Å². The van der Waals surface area contributed by atoms with Gasteiger partial charge in [0.25, 0.3) is 0 Å². The van der Waals surface area contributed by atoms with Crippen molar-refractivity contribution in [2.24, 2.45) is 0 Å². The molecule has 0 N–H and O–H groups in total. The average Bonchev–Trinajstić information content (AvgIpc) is 2.37. The lowest BCUT2D eigenvalue weighted by Gasteiger charge is -2.19. The van der Waals surface area contributed by atoms with Crippen LogP contribution in [0.1, 0.15) is 22.3 Å². The molecule has 2 rings (SSSR count). The third kappa shape index (κ3) is 2.57. The van der Waals surface area contributed by atoms with Gasteiger partial charge in [-0.05, 0) is 12.1 Å². The number of rotatable bonds is 3. The summed E-state index contributed by atoms with van der Waals surface area (Å²) in [7, 11) is 0. The number of hydrogen-bond donors (Lipinski definition) is 1. The van der Waals surface area contributed by atoms with Gasteiger partial charge in [-0.2, -0.15) is 0 Å². The van der Waals surface area contributed by atoms with Crippen molar-refractivity contribution in [3.8, 4) is 5.75 Å². The van der Waals surface area contributed by atoms with E-state index >= 15 is 0 Å². The second-order valence-corrected chi connectivity index (χ2v) is 4.36. The van der Waals surface area contributed by atoms with Crippen LogP contribution in [0, 0.1) is 0 Å². The molecule has 1 aliphatic rings. The monoisotopic (exact) mass is 258 g/mol. The lowest BCUT2D eigenvalue weighted by molar-refractivity contribution is 0.0933. The molecule has 0 saturated carbocycles. The SMILES string of the molecule is C=C/C=C/C=C/c1c(S)ccc2c1OCCC2=O. The van der Waals surface area contributed by atoms with E-state index in [-0.39, 0.29) is 5.78 Å². The summed E-state index contributed by atoms with van der Waals surface area (Å²) in [4.78, 5) is 12.6. The van der Waals surface area contributed by atoms with Gasteiger partial charge in [-0.25, -0.2) is 0 Å². The molecule has 1 aliphatic heterocycles. The van der Waals surface area contributed by atoms with Crippen LogP contribution in [-0.2, 0) is 0 Å². The molecular formula is C15H14O2S. The fourth-order valence-electron chi connectivity index (χ4n) is 1.80. The number of allylic oxidation sites excluding steroid dienone is 4. The summed E-state index contributed by atoms with van der Waals surface area (Å²) in [5.41, 5.74) is 1.49. The van der Waals surface area contributed by atoms with Crippen LogP contribution in [0.3, 0.4) is 0 Å². The van der Waals surface area contributed by atoms with E-state index in [2.05, 4.69) is 19.2 Å². The van der Waals surface area contributed by atoms with Crippen LogP contribution >= 0.6 is 12.6 Å². The Morgan fingerprint density at radius 1 is 1.28 bits per heavy atom. The molecule has 0 atom stereocenters. The number of carbonyl (C=O) groups excluding carboxylic acids is 1. The smallest absolute Gasteiger partial charge is 0.170 e. The van der Waals surface area contributed by atoms with Gasteiger partial charge in [-0.15, -0.1) is 12.6 Å². The van der Waals surface area contributed by atoms with Gasteiger partial charge in [0.05, 0.1) is 12.2 Å². The highest BCUT2D eigenvalue weighted by Crippen LogP contribution is 2.34. The highest BCUT2D eigenvalue weighted by Gasteiger charge is 2.21. The summed E-state index contributed by atoms with van der Waals surface area (Å²) < 4.78 is 5.60. The molecule has 18 heavy (non-hydrogen) atoms. The van der Waals surface area contributed by atoms with E-state index in [1.807, 2.05) is 30.4 Å². The van der Waals surface area contributed by atoms with Crippen molar-refractivity contribution in [3.05, 3.63) is 54.1 Å². The van der Waals surface area contributed by atoms with Crippen molar-refractivity contribution in [3.63, 3.8) is 0 Å². The summed E-state index contributed by atoms with van der Waals surface area (Å²) in [5, 5.41) is 0. The van der Waals surface area contributed by atoms with Gasteiger partial charge in [-0.1, -0.05) is 37.0 Å². The minimum Gasteiger partial charge on any atom is -0.492 e. The minimum absolute atomic E-state index is 0.126. The molecule has 92 valence electrons. The Morgan fingerprint density at radius 2 is 2.11 bits per heavy atom. The van der Waals surface area contributed by atoms with Crippen molar-refractivity contribution < 1.29 is 9.53 Å². The fraction of sp³-hybridized carbons (Fsp3) is 0.133. The third-order valence-corrected chi connectivity index (χ3v) is 3.06. The molecule has 3 heteroatoms. The van der Waals surface area contributed by atoms with Gasteiger partial charge in [0.1, 0.15) is 5.75 Å². The van der Waals surface area contributed by atoms with Crippen LogP contribution in [0.2, 0.25) is 0 Å². The first kappa shape index (κ1) is 12.7. The first-order chi connectivity index (χ1) is 8.74. The van der Waals surface area contributed by atoms with Crippen molar-refractivity contribution in [2.75, 3.05) is 6.61 Å². The zero-order valence-electron chi connectivity index (χ0n) is 9.93. The quantitative estimate of drug-likeness (QED) is 0.661. The Kier molecular flexibility index (Phi) is 4.05. The largest absolute Gasteiger partial charge is 0.492 e. The highest BCUT2D eigenvalue weighted by molar-refractivity contribution is 7.80. The Balaban J connectivity index is 2.42. The van der Waals surface area contributed by atoms with Crippen molar-refractivity contribution in [1.29, 1.82) is 0 Å². The summed E-state index contributed by atoms with van der Waals surface area (Å²) >= 11 is 4.40. The number of fused-ring (bicyclic) bond motifs is 1. The van der Waals surface area contributed by atoms with E-state index in [0.717, 1.165) is 10.5 Å². The lowest BCUT2D eigenvalue weighted by Crippen LogP contribution is -2.16. The van der Waals surface area contributed by atoms with E-state index in [1.165, 1.54) is 0 Å². The summed E-state index contributed by atoms with van der Waals surface area (Å²) in [6.07, 6.45) is 9.60. The molecule has 0 radical (unpaired) electrons. The number of Topliss-reactive ketones (excluding diaryl/α,β-unsaturated/α-hetero) is 1. The first-order valence-electron chi connectivity index (χ1n) is 5.72. The van der Waals surface area contributed by atoms with E-state index in [9.17, 15) is 4.79 Å². The van der Waals surface area contributed by atoms with Gasteiger partial charge >= 0.3 is 0 Å².